The maximum absolute atomic E-state index is 13.6. The molecule has 0 aliphatic carbocycles. The van der Waals surface area contributed by atoms with Crippen LogP contribution in [-0.4, -0.2) is 29.2 Å². The highest BCUT2D eigenvalue weighted by atomic mass is 16.3. The largest absolute Gasteiger partial charge is 0.453 e. The molecule has 32 heavy (non-hydrogen) atoms. The first-order chi connectivity index (χ1) is 15.6. The highest BCUT2D eigenvalue weighted by molar-refractivity contribution is 6.11. The average Bonchev–Trinajstić information content (AvgIpc) is 3.36. The van der Waals surface area contributed by atoms with Crippen molar-refractivity contribution < 1.29 is 18.8 Å². The topological polar surface area (TPSA) is 79.6 Å². The van der Waals surface area contributed by atoms with E-state index < -0.39 is 29.8 Å². The van der Waals surface area contributed by atoms with Gasteiger partial charge in [0, 0.05) is 11.8 Å². The molecule has 1 fully saturated rings. The summed E-state index contributed by atoms with van der Waals surface area (Å²) in [6.45, 7) is -0.395. The minimum absolute atomic E-state index is 0.118. The predicted octanol–water partition coefficient (Wildman–Crippen LogP) is 4.31. The molecule has 0 radical (unpaired) electrons. The number of rotatable bonds is 6. The summed E-state index contributed by atoms with van der Waals surface area (Å²) in [7, 11) is 0. The van der Waals surface area contributed by atoms with Crippen LogP contribution in [-0.2, 0) is 16.8 Å². The van der Waals surface area contributed by atoms with Crippen LogP contribution >= 0.6 is 0 Å². The first kappa shape index (κ1) is 19.8. The molecule has 1 saturated heterocycles. The first-order valence-electron chi connectivity index (χ1n) is 10.3. The van der Waals surface area contributed by atoms with E-state index in [1.54, 1.807) is 12.1 Å². The van der Waals surface area contributed by atoms with Gasteiger partial charge in [0.15, 0.2) is 11.3 Å². The standard InChI is InChI=1S/C26H20N2O4/c29-21(23-15-19-11-7-8-14-22(19)32-23)17-28-24(30)26(27-25(28)31,20-12-5-2-6-13-20)16-18-9-3-1-4-10-18/h1-15H,16-17H2,(H,27,31)/t26-/m1/s1. The van der Waals surface area contributed by atoms with Gasteiger partial charge in [-0.05, 0) is 23.3 Å². The highest BCUT2D eigenvalue weighted by Gasteiger charge is 2.52. The Kier molecular flexibility index (Phi) is 4.82. The summed E-state index contributed by atoms with van der Waals surface area (Å²) >= 11 is 0. The maximum Gasteiger partial charge on any atom is 0.325 e. The number of carbonyl (C=O) groups is 3. The van der Waals surface area contributed by atoms with Crippen molar-refractivity contribution in [2.24, 2.45) is 0 Å². The number of furan rings is 1. The number of hydrogen-bond acceptors (Lipinski definition) is 4. The number of para-hydroxylation sites is 1. The van der Waals surface area contributed by atoms with Crippen LogP contribution in [0.2, 0.25) is 0 Å². The molecule has 1 aliphatic rings. The Hall–Kier alpha value is -4.19. The zero-order valence-electron chi connectivity index (χ0n) is 17.2. The van der Waals surface area contributed by atoms with E-state index >= 15 is 0 Å². The lowest BCUT2D eigenvalue weighted by Crippen LogP contribution is -2.46. The van der Waals surface area contributed by atoms with Gasteiger partial charge < -0.3 is 9.73 Å². The number of nitrogens with one attached hydrogen (secondary N) is 1. The molecule has 6 nitrogen and oxygen atoms in total. The quantitative estimate of drug-likeness (QED) is 0.370. The molecule has 0 unspecified atom stereocenters. The summed E-state index contributed by atoms with van der Waals surface area (Å²) in [5.41, 5.74) is 0.862. The van der Waals surface area contributed by atoms with E-state index in [9.17, 15) is 14.4 Å². The van der Waals surface area contributed by atoms with E-state index in [1.807, 2.05) is 78.9 Å². The number of nitrogens with zero attached hydrogens (tertiary/aromatic N) is 1. The average molecular weight is 424 g/mol. The van der Waals surface area contributed by atoms with Crippen molar-refractivity contribution in [3.05, 3.63) is 108 Å². The molecule has 0 saturated carbocycles. The summed E-state index contributed by atoms with van der Waals surface area (Å²) < 4.78 is 5.62. The van der Waals surface area contributed by atoms with E-state index in [4.69, 9.17) is 4.42 Å². The number of benzene rings is 3. The number of hydrogen-bond donors (Lipinski definition) is 1. The summed E-state index contributed by atoms with van der Waals surface area (Å²) in [4.78, 5) is 40.4. The number of carbonyl (C=O) groups excluding carboxylic acids is 3. The fraction of sp³-hybridized carbons (Fsp3) is 0.115. The van der Waals surface area contributed by atoms with Crippen LogP contribution < -0.4 is 5.32 Å². The molecular weight excluding hydrogens is 404 g/mol. The third kappa shape index (κ3) is 3.36. The highest BCUT2D eigenvalue weighted by Crippen LogP contribution is 2.33. The molecule has 3 amide bonds. The van der Waals surface area contributed by atoms with Crippen molar-refractivity contribution in [1.82, 2.24) is 10.2 Å². The molecule has 5 rings (SSSR count). The third-order valence-electron chi connectivity index (χ3n) is 5.76. The summed E-state index contributed by atoms with van der Waals surface area (Å²) in [5, 5.41) is 3.66. The molecule has 1 atom stereocenters. The molecule has 1 aromatic heterocycles. The molecule has 0 spiro atoms. The summed E-state index contributed by atoms with van der Waals surface area (Å²) in [6, 6.07) is 26.9. The smallest absolute Gasteiger partial charge is 0.325 e. The summed E-state index contributed by atoms with van der Waals surface area (Å²) in [5.74, 6) is -0.776. The second-order valence-corrected chi connectivity index (χ2v) is 7.83. The van der Waals surface area contributed by atoms with Crippen molar-refractivity contribution in [2.75, 3.05) is 6.54 Å². The van der Waals surface area contributed by atoms with E-state index in [2.05, 4.69) is 5.32 Å². The minimum atomic E-state index is -1.28. The van der Waals surface area contributed by atoms with Crippen LogP contribution in [0.1, 0.15) is 21.7 Å². The van der Waals surface area contributed by atoms with Crippen molar-refractivity contribution in [3.8, 4) is 0 Å². The van der Waals surface area contributed by atoms with Gasteiger partial charge in [-0.15, -0.1) is 0 Å². The Morgan fingerprint density at radius 1 is 0.875 bits per heavy atom. The van der Waals surface area contributed by atoms with Crippen molar-refractivity contribution in [3.63, 3.8) is 0 Å². The van der Waals surface area contributed by atoms with Gasteiger partial charge in [0.05, 0.1) is 6.54 Å². The molecule has 0 bridgehead atoms. The molecule has 6 heteroatoms. The molecule has 2 heterocycles. The number of imide groups is 1. The summed E-state index contributed by atoms with van der Waals surface area (Å²) in [6.07, 6.45) is 0.276. The molecule has 3 aromatic carbocycles. The predicted molar refractivity (Wildman–Crippen MR) is 119 cm³/mol. The van der Waals surface area contributed by atoms with Gasteiger partial charge in [-0.3, -0.25) is 14.5 Å². The molecular formula is C26H20N2O4. The van der Waals surface area contributed by atoms with Gasteiger partial charge >= 0.3 is 6.03 Å². The Morgan fingerprint density at radius 3 is 2.25 bits per heavy atom. The van der Waals surface area contributed by atoms with Gasteiger partial charge in [-0.2, -0.15) is 0 Å². The van der Waals surface area contributed by atoms with Gasteiger partial charge in [-0.25, -0.2) is 4.79 Å². The Morgan fingerprint density at radius 2 is 1.53 bits per heavy atom. The Balaban J connectivity index is 1.47. The van der Waals surface area contributed by atoms with Crippen LogP contribution in [0.15, 0.2) is 95.4 Å². The fourth-order valence-corrected chi connectivity index (χ4v) is 4.15. The monoisotopic (exact) mass is 424 g/mol. The normalized spacial score (nSPS) is 18.2. The van der Waals surface area contributed by atoms with Crippen LogP contribution in [0.3, 0.4) is 0 Å². The molecule has 158 valence electrons. The number of urea groups is 1. The fourth-order valence-electron chi connectivity index (χ4n) is 4.15. The SMILES string of the molecule is O=C(CN1C(=O)N[C@](Cc2ccccc2)(c2ccccc2)C1=O)c1cc2ccccc2o1. The zero-order valence-corrected chi connectivity index (χ0v) is 17.2. The van der Waals surface area contributed by atoms with Crippen LogP contribution in [0.5, 0.6) is 0 Å². The van der Waals surface area contributed by atoms with E-state index in [0.717, 1.165) is 15.8 Å². The van der Waals surface area contributed by atoms with Crippen molar-refractivity contribution in [1.29, 1.82) is 0 Å². The second-order valence-electron chi connectivity index (χ2n) is 7.83. The number of fused-ring (bicyclic) bond motifs is 1. The molecule has 1 N–H and O–H groups in total. The number of amides is 3. The molecule has 1 aliphatic heterocycles. The lowest BCUT2D eigenvalue weighted by Gasteiger charge is -2.27. The van der Waals surface area contributed by atoms with E-state index in [-0.39, 0.29) is 12.2 Å². The number of ketones is 1. The maximum atomic E-state index is 13.6. The number of Topliss-reactive ketones (excluding diaryl/α,β-unsaturated/α-hetero) is 1. The van der Waals surface area contributed by atoms with Crippen molar-refractivity contribution >= 4 is 28.7 Å². The van der Waals surface area contributed by atoms with Crippen LogP contribution in [0.4, 0.5) is 4.79 Å². The molecule has 4 aromatic rings. The van der Waals surface area contributed by atoms with Gasteiger partial charge in [0.1, 0.15) is 5.58 Å². The van der Waals surface area contributed by atoms with E-state index in [0.29, 0.717) is 11.1 Å². The van der Waals surface area contributed by atoms with E-state index in [1.165, 1.54) is 0 Å². The van der Waals surface area contributed by atoms with Crippen molar-refractivity contribution in [2.45, 2.75) is 12.0 Å². The minimum Gasteiger partial charge on any atom is -0.453 e. The second kappa shape index (κ2) is 7.81. The lowest BCUT2D eigenvalue weighted by molar-refractivity contribution is -0.131. The van der Waals surface area contributed by atoms with Crippen LogP contribution in [0.25, 0.3) is 11.0 Å². The third-order valence-corrected chi connectivity index (χ3v) is 5.76. The van der Waals surface area contributed by atoms with Crippen LogP contribution in [0, 0.1) is 0 Å². The Bertz CT molecular complexity index is 1280. The lowest BCUT2D eigenvalue weighted by atomic mass is 9.83. The van der Waals surface area contributed by atoms with Gasteiger partial charge in [-0.1, -0.05) is 78.9 Å². The Labute approximate surface area is 184 Å². The van der Waals surface area contributed by atoms with Gasteiger partial charge in [0.2, 0.25) is 5.78 Å². The first-order valence-corrected chi connectivity index (χ1v) is 10.3. The zero-order chi connectivity index (χ0) is 22.1. The van der Waals surface area contributed by atoms with Gasteiger partial charge in [0.25, 0.3) is 5.91 Å².